The van der Waals surface area contributed by atoms with E-state index in [9.17, 15) is 13.6 Å². The number of nitrogens with zero attached hydrogens (tertiary/aromatic N) is 3. The molecule has 8 nitrogen and oxygen atoms in total. The summed E-state index contributed by atoms with van der Waals surface area (Å²) >= 11 is 4.76. The lowest BCUT2D eigenvalue weighted by molar-refractivity contribution is -0.112. The van der Waals surface area contributed by atoms with Gasteiger partial charge in [-0.3, -0.25) is 9.69 Å². The first-order chi connectivity index (χ1) is 15.7. The smallest absolute Gasteiger partial charge is 0.420 e. The third kappa shape index (κ3) is 5.84. The number of carbonyl (C=O) groups excluding carboxylic acids is 1. The molecule has 1 aromatic heterocycles. The maximum atomic E-state index is 12.8. The van der Waals surface area contributed by atoms with Gasteiger partial charge in [-0.1, -0.05) is 0 Å². The van der Waals surface area contributed by atoms with Crippen LogP contribution < -0.4 is 21.5 Å². The fourth-order valence-corrected chi connectivity index (χ4v) is 4.12. The minimum atomic E-state index is -3.82. The molecule has 11 heteroatoms. The molecule has 2 aromatic rings. The second-order valence-electron chi connectivity index (χ2n) is 8.04. The number of carbonyl (C=O) groups is 1. The van der Waals surface area contributed by atoms with Gasteiger partial charge < -0.3 is 21.5 Å². The van der Waals surface area contributed by atoms with Gasteiger partial charge in [-0.15, -0.1) is 8.78 Å². The van der Waals surface area contributed by atoms with E-state index in [4.69, 9.17) is 23.1 Å². The van der Waals surface area contributed by atoms with E-state index in [-0.39, 0.29) is 17.4 Å². The Morgan fingerprint density at radius 2 is 1.88 bits per heavy atom. The highest BCUT2D eigenvalue weighted by Crippen LogP contribution is 2.44. The van der Waals surface area contributed by atoms with E-state index in [1.54, 1.807) is 18.5 Å². The van der Waals surface area contributed by atoms with Gasteiger partial charge in [0.05, 0.1) is 5.57 Å². The number of halogens is 3. The Labute approximate surface area is 194 Å². The van der Waals surface area contributed by atoms with Crippen LogP contribution in [-0.4, -0.2) is 52.0 Å². The van der Waals surface area contributed by atoms with Gasteiger partial charge in [0.25, 0.3) is 5.91 Å². The number of hydrogen-bond donors (Lipinski definition) is 3. The Bertz CT molecular complexity index is 1050. The van der Waals surface area contributed by atoms with E-state index in [1.165, 1.54) is 36.8 Å². The maximum absolute atomic E-state index is 12.8. The fraction of sp³-hybridized carbons (Fsp3) is 0.318. The van der Waals surface area contributed by atoms with Gasteiger partial charge in [0.2, 0.25) is 0 Å². The van der Waals surface area contributed by atoms with Gasteiger partial charge in [-0.2, -0.15) is 0 Å². The lowest BCUT2D eigenvalue weighted by Crippen LogP contribution is -2.30. The summed E-state index contributed by atoms with van der Waals surface area (Å²) in [5, 5.41) is 2.68. The van der Waals surface area contributed by atoms with Gasteiger partial charge in [0.15, 0.2) is 0 Å². The second-order valence-corrected chi connectivity index (χ2v) is 8.48. The number of ether oxygens (including phenoxy) is 1. The Morgan fingerprint density at radius 3 is 2.45 bits per heavy atom. The molecule has 0 spiro atoms. The standard InChI is InChI=1S/C22H23ClF2N6O2/c23-22(24,25)33-17-3-1-16(2-4-17)30-21(32)13(6-26)5-14(15-7-28-12-29-8-15)9-31-10-18-19(11-31)20(18)27/h1-8,12,18-20H,9-11,26-27H2,(H,30,32)/b13-6+,14-5+/t18-,19+,20?. The quantitative estimate of drug-likeness (QED) is 0.304. The average molecular weight is 477 g/mol. The lowest BCUT2D eigenvalue weighted by Gasteiger charge is -2.21. The Hall–Kier alpha value is -3.08. The van der Waals surface area contributed by atoms with Crippen molar-refractivity contribution in [1.82, 2.24) is 14.9 Å². The first-order valence-electron chi connectivity index (χ1n) is 10.3. The first kappa shape index (κ1) is 23.1. The topological polar surface area (TPSA) is 119 Å². The van der Waals surface area contributed by atoms with Gasteiger partial charge in [0, 0.05) is 67.1 Å². The zero-order valence-electron chi connectivity index (χ0n) is 17.5. The number of alkyl halides is 3. The van der Waals surface area contributed by atoms with Crippen LogP contribution in [0.25, 0.3) is 5.57 Å². The molecule has 1 aromatic carbocycles. The third-order valence-electron chi connectivity index (χ3n) is 5.78. The van der Waals surface area contributed by atoms with Crippen LogP contribution in [0.15, 0.2) is 60.8 Å². The van der Waals surface area contributed by atoms with Crippen molar-refractivity contribution in [1.29, 1.82) is 0 Å². The van der Waals surface area contributed by atoms with E-state index in [0.717, 1.165) is 24.2 Å². The number of nitrogens with two attached hydrogens (primary N) is 2. The van der Waals surface area contributed by atoms with E-state index in [2.05, 4.69) is 24.9 Å². The number of fused-ring (bicyclic) bond motifs is 1. The van der Waals surface area contributed by atoms with Crippen LogP contribution in [-0.2, 0) is 4.79 Å². The molecule has 0 radical (unpaired) electrons. The summed E-state index contributed by atoms with van der Waals surface area (Å²) in [7, 11) is 0. The first-order valence-corrected chi connectivity index (χ1v) is 10.6. The molecule has 1 saturated carbocycles. The zero-order valence-corrected chi connectivity index (χ0v) is 18.3. The maximum Gasteiger partial charge on any atom is 0.487 e. The highest BCUT2D eigenvalue weighted by molar-refractivity contribution is 6.20. The molecule has 3 atom stereocenters. The van der Waals surface area contributed by atoms with Crippen molar-refractivity contribution in [3.63, 3.8) is 0 Å². The van der Waals surface area contributed by atoms with Crippen molar-refractivity contribution in [3.8, 4) is 5.75 Å². The third-order valence-corrected chi connectivity index (χ3v) is 5.86. The molecular formula is C22H23ClF2N6O2. The molecule has 33 heavy (non-hydrogen) atoms. The van der Waals surface area contributed by atoms with Crippen LogP contribution in [0.3, 0.4) is 0 Å². The predicted octanol–water partition coefficient (Wildman–Crippen LogP) is 2.40. The molecule has 1 aliphatic heterocycles. The largest absolute Gasteiger partial charge is 0.487 e. The molecule has 1 unspecified atom stereocenters. The number of amides is 1. The van der Waals surface area contributed by atoms with Crippen molar-refractivity contribution in [2.75, 3.05) is 25.0 Å². The normalized spacial score (nSPS) is 23.2. The number of piperidine rings is 1. The molecule has 0 bridgehead atoms. The van der Waals surface area contributed by atoms with Crippen LogP contribution in [0.1, 0.15) is 5.56 Å². The van der Waals surface area contributed by atoms with Gasteiger partial charge in [-0.25, -0.2) is 9.97 Å². The van der Waals surface area contributed by atoms with Crippen LogP contribution in [0.5, 0.6) is 5.75 Å². The number of rotatable bonds is 8. The van der Waals surface area contributed by atoms with E-state index < -0.39 is 11.5 Å². The molecule has 2 fully saturated rings. The summed E-state index contributed by atoms with van der Waals surface area (Å²) in [6.07, 6.45) is 7.70. The zero-order chi connectivity index (χ0) is 23.6. The Kier molecular flexibility index (Phi) is 6.59. The van der Waals surface area contributed by atoms with Crippen molar-refractivity contribution < 1.29 is 18.3 Å². The fourth-order valence-electron chi connectivity index (χ4n) is 4.04. The monoisotopic (exact) mass is 476 g/mol. The van der Waals surface area contributed by atoms with Gasteiger partial charge in [-0.05, 0) is 47.8 Å². The van der Waals surface area contributed by atoms with Crippen LogP contribution in [0.2, 0.25) is 0 Å². The summed E-state index contributed by atoms with van der Waals surface area (Å²) in [6.45, 7) is 2.40. The molecule has 174 valence electrons. The van der Waals surface area contributed by atoms with E-state index >= 15 is 0 Å². The molecule has 2 heterocycles. The number of benzene rings is 1. The SMILES string of the molecule is N/C=C(\C=C(/CN1C[C@@H]2C(N)[C@@H]2C1)c1cncnc1)C(=O)Nc1ccc(OC(F)(F)Cl)cc1. The summed E-state index contributed by atoms with van der Waals surface area (Å²) in [5.41, 5.74) is 10.2. The average Bonchev–Trinajstić information content (AvgIpc) is 3.18. The molecule has 4 rings (SSSR count). The minimum Gasteiger partial charge on any atom is -0.420 e. The Balaban J connectivity index is 1.47. The van der Waals surface area contributed by atoms with Crippen molar-refractivity contribution in [2.45, 2.75) is 11.6 Å². The predicted molar refractivity (Wildman–Crippen MR) is 120 cm³/mol. The highest BCUT2D eigenvalue weighted by atomic mass is 35.5. The number of nitrogens with one attached hydrogen (secondary N) is 1. The van der Waals surface area contributed by atoms with E-state index in [0.29, 0.717) is 24.1 Å². The molecule has 1 saturated heterocycles. The Morgan fingerprint density at radius 1 is 1.24 bits per heavy atom. The summed E-state index contributed by atoms with van der Waals surface area (Å²) < 4.78 is 29.8. The molecule has 2 aliphatic rings. The van der Waals surface area contributed by atoms with Crippen LogP contribution in [0, 0.1) is 11.8 Å². The van der Waals surface area contributed by atoms with Gasteiger partial charge >= 0.3 is 5.57 Å². The summed E-state index contributed by atoms with van der Waals surface area (Å²) in [5.74, 6) is 0.445. The summed E-state index contributed by atoms with van der Waals surface area (Å²) in [6, 6.07) is 5.65. The van der Waals surface area contributed by atoms with Crippen molar-refractivity contribution in [3.05, 3.63) is 66.4 Å². The van der Waals surface area contributed by atoms with Crippen LogP contribution >= 0.6 is 11.6 Å². The van der Waals surface area contributed by atoms with Crippen LogP contribution in [0.4, 0.5) is 14.5 Å². The minimum absolute atomic E-state index is 0.141. The van der Waals surface area contributed by atoms with Crippen molar-refractivity contribution >= 4 is 28.8 Å². The van der Waals surface area contributed by atoms with E-state index in [1.807, 2.05) is 0 Å². The van der Waals surface area contributed by atoms with Crippen molar-refractivity contribution in [2.24, 2.45) is 23.3 Å². The lowest BCUT2D eigenvalue weighted by atomic mass is 10.0. The number of hydrogen-bond acceptors (Lipinski definition) is 7. The molecule has 5 N–H and O–H groups in total. The number of anilines is 1. The number of aromatic nitrogens is 2. The second kappa shape index (κ2) is 9.42. The highest BCUT2D eigenvalue weighted by Gasteiger charge is 2.53. The summed E-state index contributed by atoms with van der Waals surface area (Å²) in [4.78, 5) is 23.3. The number of likely N-dealkylation sites (tertiary alicyclic amines) is 1. The van der Waals surface area contributed by atoms with Gasteiger partial charge in [0.1, 0.15) is 12.1 Å². The molecule has 1 aliphatic carbocycles. The molecule has 1 amide bonds. The molecular weight excluding hydrogens is 454 g/mol.